The summed E-state index contributed by atoms with van der Waals surface area (Å²) in [6.07, 6.45) is 0. The Balaban J connectivity index is 2.05. The van der Waals surface area contributed by atoms with Gasteiger partial charge in [-0.3, -0.25) is 4.90 Å². The molecule has 0 amide bonds. The largest absolute Gasteiger partial charge is 0.399 e. The van der Waals surface area contributed by atoms with Crippen LogP contribution in [-0.2, 0) is 0 Å². The second-order valence-corrected chi connectivity index (χ2v) is 5.17. The van der Waals surface area contributed by atoms with Gasteiger partial charge in [0.05, 0.1) is 0 Å². The molecule has 1 saturated heterocycles. The molecule has 3 heteroatoms. The lowest BCUT2D eigenvalue weighted by Crippen LogP contribution is -2.50. The van der Waals surface area contributed by atoms with Gasteiger partial charge in [-0.25, -0.2) is 0 Å². The normalized spacial score (nSPS) is 24.8. The Morgan fingerprint density at radius 1 is 1.24 bits per heavy atom. The number of hydrogen-bond acceptors (Lipinski definition) is 3. The van der Waals surface area contributed by atoms with Gasteiger partial charge in [0, 0.05) is 37.4 Å². The number of rotatable bonds is 2. The highest BCUT2D eigenvalue weighted by Gasteiger charge is 2.24. The Labute approximate surface area is 104 Å². The van der Waals surface area contributed by atoms with E-state index in [9.17, 15) is 0 Å². The summed E-state index contributed by atoms with van der Waals surface area (Å²) in [6.45, 7) is 8.01. The third kappa shape index (κ3) is 2.79. The summed E-state index contributed by atoms with van der Waals surface area (Å²) in [4.78, 5) is 4.97. The molecule has 1 aromatic carbocycles. The van der Waals surface area contributed by atoms with Crippen LogP contribution in [0, 0.1) is 0 Å². The molecule has 1 fully saturated rings. The molecule has 2 rings (SSSR count). The Morgan fingerprint density at radius 3 is 2.47 bits per heavy atom. The molecule has 1 aromatic rings. The van der Waals surface area contributed by atoms with Crippen LogP contribution in [0.2, 0.25) is 0 Å². The van der Waals surface area contributed by atoms with E-state index in [2.05, 4.69) is 42.8 Å². The predicted molar refractivity (Wildman–Crippen MR) is 72.9 cm³/mol. The third-order valence-corrected chi connectivity index (χ3v) is 3.96. The molecule has 1 aliphatic rings. The minimum atomic E-state index is 0.478. The van der Waals surface area contributed by atoms with E-state index in [1.165, 1.54) is 5.56 Å². The SMILES string of the molecule is CC1CN(C(C)c2ccc(N)cc2)CCN1C. The van der Waals surface area contributed by atoms with Crippen molar-refractivity contribution in [2.75, 3.05) is 32.4 Å². The number of piperazine rings is 1. The van der Waals surface area contributed by atoms with Gasteiger partial charge in [0.2, 0.25) is 0 Å². The fourth-order valence-corrected chi connectivity index (χ4v) is 2.41. The molecule has 1 aliphatic heterocycles. The smallest absolute Gasteiger partial charge is 0.0321 e. The average Bonchev–Trinajstić information content (AvgIpc) is 2.33. The lowest BCUT2D eigenvalue weighted by Gasteiger charge is -2.40. The topological polar surface area (TPSA) is 32.5 Å². The fraction of sp³-hybridized carbons (Fsp3) is 0.571. The highest BCUT2D eigenvalue weighted by Crippen LogP contribution is 2.23. The molecule has 2 atom stereocenters. The van der Waals surface area contributed by atoms with Gasteiger partial charge in [-0.05, 0) is 38.6 Å². The van der Waals surface area contributed by atoms with Crippen molar-refractivity contribution in [1.82, 2.24) is 9.80 Å². The van der Waals surface area contributed by atoms with Crippen LogP contribution >= 0.6 is 0 Å². The number of hydrogen-bond donors (Lipinski definition) is 1. The zero-order chi connectivity index (χ0) is 12.4. The maximum Gasteiger partial charge on any atom is 0.0321 e. The van der Waals surface area contributed by atoms with E-state index < -0.39 is 0 Å². The van der Waals surface area contributed by atoms with Crippen LogP contribution < -0.4 is 5.73 Å². The summed E-state index contributed by atoms with van der Waals surface area (Å²) < 4.78 is 0. The minimum absolute atomic E-state index is 0.478. The summed E-state index contributed by atoms with van der Waals surface area (Å²) in [5.74, 6) is 0. The van der Waals surface area contributed by atoms with Crippen LogP contribution in [0.1, 0.15) is 25.5 Å². The maximum atomic E-state index is 5.73. The molecule has 2 unspecified atom stereocenters. The van der Waals surface area contributed by atoms with Crippen LogP contribution in [0.4, 0.5) is 5.69 Å². The molecule has 17 heavy (non-hydrogen) atoms. The van der Waals surface area contributed by atoms with Crippen molar-refractivity contribution in [3.05, 3.63) is 29.8 Å². The number of anilines is 1. The summed E-state index contributed by atoms with van der Waals surface area (Å²) in [6, 6.07) is 9.38. The van der Waals surface area contributed by atoms with Gasteiger partial charge in [0.25, 0.3) is 0 Å². The first-order valence-corrected chi connectivity index (χ1v) is 6.37. The van der Waals surface area contributed by atoms with E-state index in [4.69, 9.17) is 5.73 Å². The first-order valence-electron chi connectivity index (χ1n) is 6.37. The van der Waals surface area contributed by atoms with Crippen molar-refractivity contribution in [2.45, 2.75) is 25.9 Å². The molecule has 0 spiro atoms. The molecule has 94 valence electrons. The third-order valence-electron chi connectivity index (χ3n) is 3.96. The molecule has 3 nitrogen and oxygen atoms in total. The van der Waals surface area contributed by atoms with Crippen molar-refractivity contribution >= 4 is 5.69 Å². The van der Waals surface area contributed by atoms with Gasteiger partial charge in [-0.15, -0.1) is 0 Å². The van der Waals surface area contributed by atoms with E-state index in [1.807, 2.05) is 12.1 Å². The predicted octanol–water partition coefficient (Wildman–Crippen LogP) is 1.97. The molecule has 0 radical (unpaired) electrons. The van der Waals surface area contributed by atoms with Crippen LogP contribution in [0.3, 0.4) is 0 Å². The molecule has 0 aliphatic carbocycles. The van der Waals surface area contributed by atoms with Gasteiger partial charge < -0.3 is 10.6 Å². The van der Waals surface area contributed by atoms with Crippen LogP contribution in [0.15, 0.2) is 24.3 Å². The highest BCUT2D eigenvalue weighted by atomic mass is 15.3. The molecule has 0 bridgehead atoms. The standard InChI is InChI=1S/C14H23N3/c1-11-10-17(9-8-16(11)3)12(2)13-4-6-14(15)7-5-13/h4-7,11-12H,8-10,15H2,1-3H3. The minimum Gasteiger partial charge on any atom is -0.399 e. The van der Waals surface area contributed by atoms with E-state index in [0.29, 0.717) is 12.1 Å². The molecule has 1 heterocycles. The van der Waals surface area contributed by atoms with Gasteiger partial charge in [-0.2, -0.15) is 0 Å². The lowest BCUT2D eigenvalue weighted by molar-refractivity contribution is 0.0775. The molecule has 0 saturated carbocycles. The monoisotopic (exact) mass is 233 g/mol. The van der Waals surface area contributed by atoms with E-state index >= 15 is 0 Å². The number of nitrogen functional groups attached to an aromatic ring is 1. The van der Waals surface area contributed by atoms with Crippen molar-refractivity contribution in [3.8, 4) is 0 Å². The van der Waals surface area contributed by atoms with E-state index in [0.717, 1.165) is 25.3 Å². The number of nitrogens with two attached hydrogens (primary N) is 1. The Kier molecular flexibility index (Phi) is 3.69. The van der Waals surface area contributed by atoms with Crippen molar-refractivity contribution in [1.29, 1.82) is 0 Å². The van der Waals surface area contributed by atoms with Crippen LogP contribution in [0.25, 0.3) is 0 Å². The zero-order valence-corrected chi connectivity index (χ0v) is 11.1. The van der Waals surface area contributed by atoms with Crippen molar-refractivity contribution < 1.29 is 0 Å². The zero-order valence-electron chi connectivity index (χ0n) is 11.1. The summed E-state index contributed by atoms with van der Waals surface area (Å²) >= 11 is 0. The molecular formula is C14H23N3. The Hall–Kier alpha value is -1.06. The van der Waals surface area contributed by atoms with Gasteiger partial charge >= 0.3 is 0 Å². The average molecular weight is 233 g/mol. The second kappa shape index (κ2) is 5.07. The molecule has 2 N–H and O–H groups in total. The van der Waals surface area contributed by atoms with E-state index in [-0.39, 0.29) is 0 Å². The number of benzene rings is 1. The first-order chi connectivity index (χ1) is 8.08. The number of likely N-dealkylation sites (N-methyl/N-ethyl adjacent to an activating group) is 1. The van der Waals surface area contributed by atoms with Crippen LogP contribution in [-0.4, -0.2) is 42.5 Å². The summed E-state index contributed by atoms with van der Waals surface area (Å²) in [5, 5.41) is 0. The quantitative estimate of drug-likeness (QED) is 0.793. The van der Waals surface area contributed by atoms with Crippen LogP contribution in [0.5, 0.6) is 0 Å². The van der Waals surface area contributed by atoms with Crippen molar-refractivity contribution in [2.24, 2.45) is 0 Å². The van der Waals surface area contributed by atoms with E-state index in [1.54, 1.807) is 0 Å². The summed E-state index contributed by atoms with van der Waals surface area (Å²) in [5.41, 5.74) is 7.92. The van der Waals surface area contributed by atoms with Gasteiger partial charge in [-0.1, -0.05) is 12.1 Å². The molecular weight excluding hydrogens is 210 g/mol. The first kappa shape index (κ1) is 12.4. The second-order valence-electron chi connectivity index (χ2n) is 5.17. The van der Waals surface area contributed by atoms with Gasteiger partial charge in [0.1, 0.15) is 0 Å². The lowest BCUT2D eigenvalue weighted by atomic mass is 10.0. The number of nitrogens with zero attached hydrogens (tertiary/aromatic N) is 2. The van der Waals surface area contributed by atoms with Gasteiger partial charge in [0.15, 0.2) is 0 Å². The Bertz CT molecular complexity index is 360. The highest BCUT2D eigenvalue weighted by molar-refractivity contribution is 5.40. The summed E-state index contributed by atoms with van der Waals surface area (Å²) in [7, 11) is 2.20. The van der Waals surface area contributed by atoms with Crippen molar-refractivity contribution in [3.63, 3.8) is 0 Å². The fourth-order valence-electron chi connectivity index (χ4n) is 2.41. The maximum absolute atomic E-state index is 5.73. The molecule has 0 aromatic heterocycles. The Morgan fingerprint density at radius 2 is 1.88 bits per heavy atom.